The maximum Gasteiger partial charge on any atom is 0.249 e. The van der Waals surface area contributed by atoms with Crippen LogP contribution >= 0.6 is 0 Å². The molecule has 0 radical (unpaired) electrons. The molecule has 0 spiro atoms. The van der Waals surface area contributed by atoms with Crippen molar-refractivity contribution in [1.29, 1.82) is 0 Å². The Balaban J connectivity index is 1.81. The van der Waals surface area contributed by atoms with E-state index in [-0.39, 0.29) is 11.6 Å². The Bertz CT molecular complexity index is 862. The highest BCUT2D eigenvalue weighted by Crippen LogP contribution is 2.21. The first-order valence-electron chi connectivity index (χ1n) is 7.27. The lowest BCUT2D eigenvalue weighted by Gasteiger charge is -2.09. The first kappa shape index (κ1) is 15.8. The van der Waals surface area contributed by atoms with Gasteiger partial charge in [-0.25, -0.2) is 8.78 Å². The van der Waals surface area contributed by atoms with Crippen molar-refractivity contribution in [2.24, 2.45) is 0 Å². The number of benzene rings is 2. The van der Waals surface area contributed by atoms with Gasteiger partial charge in [-0.2, -0.15) is 10.1 Å². The highest BCUT2D eigenvalue weighted by atomic mass is 19.1. The monoisotopic (exact) mass is 327 g/mol. The number of nitrogens with one attached hydrogen (secondary N) is 2. The molecule has 3 rings (SSSR count). The Morgan fingerprint density at radius 1 is 0.917 bits per heavy atom. The van der Waals surface area contributed by atoms with Gasteiger partial charge in [-0.05, 0) is 49.2 Å². The van der Waals surface area contributed by atoms with Crippen LogP contribution in [0.25, 0.3) is 0 Å². The van der Waals surface area contributed by atoms with Crippen molar-refractivity contribution in [2.45, 2.75) is 13.8 Å². The van der Waals surface area contributed by atoms with E-state index in [0.29, 0.717) is 5.82 Å². The molecular weight excluding hydrogens is 312 g/mol. The average Bonchev–Trinajstić information content (AvgIpc) is 2.49. The number of hydrogen-bond donors (Lipinski definition) is 2. The SMILES string of the molecule is Cc1cc(C)cc(Nc2cnnc(Nc3ccc(F)cc3F)n2)c1. The van der Waals surface area contributed by atoms with E-state index in [1.165, 1.54) is 12.3 Å². The topological polar surface area (TPSA) is 62.7 Å². The van der Waals surface area contributed by atoms with Crippen molar-refractivity contribution >= 4 is 23.1 Å². The summed E-state index contributed by atoms with van der Waals surface area (Å²) in [6.07, 6.45) is 1.46. The molecule has 0 unspecified atom stereocenters. The second kappa shape index (κ2) is 6.57. The van der Waals surface area contributed by atoms with Crippen molar-refractivity contribution in [3.8, 4) is 0 Å². The molecule has 3 aromatic rings. The summed E-state index contributed by atoms with van der Waals surface area (Å²) in [5.74, 6) is -0.816. The smallest absolute Gasteiger partial charge is 0.249 e. The zero-order valence-corrected chi connectivity index (χ0v) is 13.1. The molecule has 2 N–H and O–H groups in total. The molecule has 7 heteroatoms. The summed E-state index contributed by atoms with van der Waals surface area (Å²) in [5.41, 5.74) is 3.17. The third-order valence-electron chi connectivity index (χ3n) is 3.23. The number of nitrogens with zero attached hydrogens (tertiary/aromatic N) is 3. The fourth-order valence-corrected chi connectivity index (χ4v) is 2.32. The van der Waals surface area contributed by atoms with Crippen LogP contribution in [0.15, 0.2) is 42.6 Å². The molecule has 0 saturated carbocycles. The summed E-state index contributed by atoms with van der Waals surface area (Å²) in [5, 5.41) is 13.4. The van der Waals surface area contributed by atoms with Gasteiger partial charge in [0.05, 0.1) is 11.9 Å². The molecule has 24 heavy (non-hydrogen) atoms. The maximum atomic E-state index is 13.7. The fraction of sp³-hybridized carbons (Fsp3) is 0.118. The van der Waals surface area contributed by atoms with Gasteiger partial charge in [0.25, 0.3) is 0 Å². The Labute approximate surface area is 137 Å². The maximum absolute atomic E-state index is 13.7. The highest BCUT2D eigenvalue weighted by molar-refractivity contribution is 5.60. The van der Waals surface area contributed by atoms with Gasteiger partial charge in [0.1, 0.15) is 11.6 Å². The van der Waals surface area contributed by atoms with Gasteiger partial charge in [-0.1, -0.05) is 6.07 Å². The Kier molecular flexibility index (Phi) is 4.33. The lowest BCUT2D eigenvalue weighted by Crippen LogP contribution is -2.03. The minimum atomic E-state index is -0.730. The molecule has 2 aromatic carbocycles. The standard InChI is InChI=1S/C17H15F2N5/c1-10-5-11(2)7-13(6-10)21-16-9-20-24-17(23-16)22-15-4-3-12(18)8-14(15)19/h3-9H,1-2H3,(H2,21,22,23,24). The summed E-state index contributed by atoms with van der Waals surface area (Å²) in [7, 11) is 0. The van der Waals surface area contributed by atoms with E-state index in [1.807, 2.05) is 26.0 Å². The number of aryl methyl sites for hydroxylation is 2. The average molecular weight is 327 g/mol. The van der Waals surface area contributed by atoms with Gasteiger partial charge in [-0.15, -0.1) is 5.10 Å². The van der Waals surface area contributed by atoms with E-state index in [2.05, 4.69) is 31.9 Å². The van der Waals surface area contributed by atoms with Crippen LogP contribution in [0.4, 0.5) is 31.9 Å². The van der Waals surface area contributed by atoms with Gasteiger partial charge in [0.2, 0.25) is 5.95 Å². The lowest BCUT2D eigenvalue weighted by molar-refractivity contribution is 0.586. The molecule has 122 valence electrons. The predicted octanol–water partition coefficient (Wildman–Crippen LogP) is 4.25. The number of rotatable bonds is 4. The van der Waals surface area contributed by atoms with Gasteiger partial charge in [0, 0.05) is 11.8 Å². The number of halogens is 2. The molecule has 0 bridgehead atoms. The van der Waals surface area contributed by atoms with Crippen molar-refractivity contribution in [3.05, 3.63) is 65.4 Å². The molecule has 0 aliphatic carbocycles. The van der Waals surface area contributed by atoms with Crippen LogP contribution in [-0.2, 0) is 0 Å². The molecule has 1 aromatic heterocycles. The molecule has 0 amide bonds. The predicted molar refractivity (Wildman–Crippen MR) is 88.7 cm³/mol. The van der Waals surface area contributed by atoms with Crippen LogP contribution < -0.4 is 10.6 Å². The van der Waals surface area contributed by atoms with E-state index in [4.69, 9.17) is 0 Å². The Hall–Kier alpha value is -3.09. The summed E-state index contributed by atoms with van der Waals surface area (Å²) in [4.78, 5) is 4.23. The van der Waals surface area contributed by atoms with E-state index >= 15 is 0 Å². The summed E-state index contributed by atoms with van der Waals surface area (Å²) in [6.45, 7) is 4.00. The van der Waals surface area contributed by atoms with Gasteiger partial charge in [-0.3, -0.25) is 0 Å². The second-order valence-corrected chi connectivity index (χ2v) is 5.42. The van der Waals surface area contributed by atoms with Crippen molar-refractivity contribution in [3.63, 3.8) is 0 Å². The molecule has 0 aliphatic rings. The van der Waals surface area contributed by atoms with Gasteiger partial charge in [0.15, 0.2) is 5.82 Å². The van der Waals surface area contributed by atoms with Crippen molar-refractivity contribution < 1.29 is 8.78 Å². The number of anilines is 4. The van der Waals surface area contributed by atoms with Crippen LogP contribution in [0.2, 0.25) is 0 Å². The first-order valence-corrected chi connectivity index (χ1v) is 7.27. The van der Waals surface area contributed by atoms with Gasteiger partial charge < -0.3 is 10.6 Å². The van der Waals surface area contributed by atoms with Crippen LogP contribution in [0.1, 0.15) is 11.1 Å². The first-order chi connectivity index (χ1) is 11.5. The van der Waals surface area contributed by atoms with E-state index < -0.39 is 11.6 Å². The molecule has 0 saturated heterocycles. The Morgan fingerprint density at radius 2 is 1.67 bits per heavy atom. The minimum Gasteiger partial charge on any atom is -0.339 e. The molecule has 0 atom stereocenters. The van der Waals surface area contributed by atoms with E-state index in [1.54, 1.807) is 0 Å². The third-order valence-corrected chi connectivity index (χ3v) is 3.23. The van der Waals surface area contributed by atoms with Crippen LogP contribution in [0, 0.1) is 25.5 Å². The zero-order chi connectivity index (χ0) is 17.1. The summed E-state index contributed by atoms with van der Waals surface area (Å²) >= 11 is 0. The summed E-state index contributed by atoms with van der Waals surface area (Å²) in [6, 6.07) is 9.22. The highest BCUT2D eigenvalue weighted by Gasteiger charge is 2.07. The van der Waals surface area contributed by atoms with Crippen LogP contribution in [-0.4, -0.2) is 15.2 Å². The number of aromatic nitrogens is 3. The van der Waals surface area contributed by atoms with Crippen molar-refractivity contribution in [2.75, 3.05) is 10.6 Å². The summed E-state index contributed by atoms with van der Waals surface area (Å²) < 4.78 is 26.6. The third kappa shape index (κ3) is 3.81. The molecule has 0 fully saturated rings. The lowest BCUT2D eigenvalue weighted by atomic mass is 10.1. The minimum absolute atomic E-state index is 0.0711. The second-order valence-electron chi connectivity index (χ2n) is 5.42. The quantitative estimate of drug-likeness (QED) is 0.750. The molecular formula is C17H15F2N5. The van der Waals surface area contributed by atoms with Crippen molar-refractivity contribution in [1.82, 2.24) is 15.2 Å². The normalized spacial score (nSPS) is 10.5. The van der Waals surface area contributed by atoms with Crippen LogP contribution in [0.5, 0.6) is 0 Å². The molecule has 5 nitrogen and oxygen atoms in total. The fourth-order valence-electron chi connectivity index (χ4n) is 2.32. The van der Waals surface area contributed by atoms with Crippen LogP contribution in [0.3, 0.4) is 0 Å². The van der Waals surface area contributed by atoms with E-state index in [0.717, 1.165) is 28.9 Å². The number of hydrogen-bond acceptors (Lipinski definition) is 5. The zero-order valence-electron chi connectivity index (χ0n) is 13.1. The largest absolute Gasteiger partial charge is 0.339 e. The molecule has 0 aliphatic heterocycles. The van der Waals surface area contributed by atoms with E-state index in [9.17, 15) is 8.78 Å². The molecule has 1 heterocycles. The Morgan fingerprint density at radius 3 is 2.38 bits per heavy atom. The van der Waals surface area contributed by atoms with Gasteiger partial charge >= 0.3 is 0 Å².